The lowest BCUT2D eigenvalue weighted by atomic mass is 10.3. The molecule has 0 bridgehead atoms. The van der Waals surface area contributed by atoms with E-state index in [0.717, 1.165) is 35.5 Å². The van der Waals surface area contributed by atoms with Gasteiger partial charge in [0.15, 0.2) is 5.65 Å². The van der Waals surface area contributed by atoms with E-state index in [2.05, 4.69) is 20.4 Å². The van der Waals surface area contributed by atoms with Crippen LogP contribution in [0.5, 0.6) is 0 Å². The van der Waals surface area contributed by atoms with Crippen molar-refractivity contribution in [1.29, 1.82) is 0 Å². The second-order valence-electron chi connectivity index (χ2n) is 4.42. The zero-order chi connectivity index (χ0) is 13.8. The summed E-state index contributed by atoms with van der Waals surface area (Å²) in [5.74, 6) is 0.797. The van der Waals surface area contributed by atoms with Gasteiger partial charge >= 0.3 is 0 Å². The Labute approximate surface area is 116 Å². The quantitative estimate of drug-likeness (QED) is 0.686. The number of para-hydroxylation sites is 1. The molecule has 20 heavy (non-hydrogen) atoms. The average molecular weight is 268 g/mol. The monoisotopic (exact) mass is 268 g/mol. The minimum atomic E-state index is 0.657. The third-order valence-electron chi connectivity index (χ3n) is 3.04. The van der Waals surface area contributed by atoms with Crippen LogP contribution < -0.4 is 11.1 Å². The molecule has 6 heteroatoms. The summed E-state index contributed by atoms with van der Waals surface area (Å²) in [4.78, 5) is 8.60. The van der Waals surface area contributed by atoms with Gasteiger partial charge in [-0.1, -0.05) is 18.2 Å². The van der Waals surface area contributed by atoms with Crippen molar-refractivity contribution in [2.24, 2.45) is 5.73 Å². The van der Waals surface area contributed by atoms with Crippen molar-refractivity contribution in [3.8, 4) is 5.69 Å². The molecular weight excluding hydrogens is 252 g/mol. The van der Waals surface area contributed by atoms with E-state index in [9.17, 15) is 0 Å². The number of rotatable bonds is 5. The Morgan fingerprint density at radius 3 is 2.80 bits per heavy atom. The van der Waals surface area contributed by atoms with E-state index in [-0.39, 0.29) is 0 Å². The first-order valence-electron chi connectivity index (χ1n) is 6.58. The minimum absolute atomic E-state index is 0.657. The van der Waals surface area contributed by atoms with Gasteiger partial charge in [0.05, 0.1) is 17.3 Å². The highest BCUT2D eigenvalue weighted by atomic mass is 15.3. The number of hydrogen-bond acceptors (Lipinski definition) is 5. The van der Waals surface area contributed by atoms with Crippen LogP contribution in [-0.4, -0.2) is 32.8 Å². The van der Waals surface area contributed by atoms with Crippen molar-refractivity contribution < 1.29 is 0 Å². The molecule has 0 fully saturated rings. The maximum absolute atomic E-state index is 5.50. The molecule has 0 saturated heterocycles. The number of benzene rings is 1. The lowest BCUT2D eigenvalue weighted by molar-refractivity contribution is 0.870. The molecular formula is C14H16N6. The van der Waals surface area contributed by atoms with Crippen LogP contribution in [0.3, 0.4) is 0 Å². The van der Waals surface area contributed by atoms with Gasteiger partial charge in [-0.25, -0.2) is 14.6 Å². The molecule has 3 rings (SSSR count). The second kappa shape index (κ2) is 5.66. The number of anilines is 1. The lowest BCUT2D eigenvalue weighted by Gasteiger charge is -2.06. The zero-order valence-electron chi connectivity index (χ0n) is 11.0. The predicted octanol–water partition coefficient (Wildman–Crippen LogP) is 1.58. The van der Waals surface area contributed by atoms with Gasteiger partial charge in [0.2, 0.25) is 0 Å². The number of fused-ring (bicyclic) bond motifs is 1. The Kier molecular flexibility index (Phi) is 3.56. The van der Waals surface area contributed by atoms with E-state index < -0.39 is 0 Å². The molecule has 102 valence electrons. The minimum Gasteiger partial charge on any atom is -0.369 e. The maximum atomic E-state index is 5.50. The van der Waals surface area contributed by atoms with E-state index in [1.54, 1.807) is 12.5 Å². The Hall–Kier alpha value is -2.47. The lowest BCUT2D eigenvalue weighted by Crippen LogP contribution is -2.09. The van der Waals surface area contributed by atoms with Crippen LogP contribution >= 0.6 is 0 Å². The van der Waals surface area contributed by atoms with Crippen LogP contribution in [0, 0.1) is 0 Å². The summed E-state index contributed by atoms with van der Waals surface area (Å²) < 4.78 is 1.81. The van der Waals surface area contributed by atoms with Crippen molar-refractivity contribution in [3.05, 3.63) is 42.9 Å². The van der Waals surface area contributed by atoms with Crippen LogP contribution in [0.4, 0.5) is 5.82 Å². The third kappa shape index (κ3) is 2.33. The molecule has 0 radical (unpaired) electrons. The van der Waals surface area contributed by atoms with Gasteiger partial charge in [0, 0.05) is 6.54 Å². The standard InChI is InChI=1S/C14H16N6/c15-7-4-8-16-13-12-9-19-20(14(12)18-10-17-13)11-5-2-1-3-6-11/h1-3,5-6,9-10H,4,7-8,15H2,(H,16,17,18). The number of hydrogen-bond donors (Lipinski definition) is 2. The first-order valence-corrected chi connectivity index (χ1v) is 6.58. The third-order valence-corrected chi connectivity index (χ3v) is 3.04. The topological polar surface area (TPSA) is 81.7 Å². The summed E-state index contributed by atoms with van der Waals surface area (Å²) in [5.41, 5.74) is 7.27. The van der Waals surface area contributed by atoms with Crippen molar-refractivity contribution >= 4 is 16.9 Å². The largest absolute Gasteiger partial charge is 0.369 e. The average Bonchev–Trinajstić information content (AvgIpc) is 2.93. The fraction of sp³-hybridized carbons (Fsp3) is 0.214. The summed E-state index contributed by atoms with van der Waals surface area (Å²) in [5, 5.41) is 8.58. The highest BCUT2D eigenvalue weighted by molar-refractivity contribution is 5.87. The van der Waals surface area contributed by atoms with Crippen LogP contribution in [0.15, 0.2) is 42.9 Å². The van der Waals surface area contributed by atoms with Crippen LogP contribution in [0.1, 0.15) is 6.42 Å². The molecule has 0 amide bonds. The summed E-state index contributed by atoms with van der Waals surface area (Å²) >= 11 is 0. The van der Waals surface area contributed by atoms with Crippen molar-refractivity contribution in [1.82, 2.24) is 19.7 Å². The molecule has 0 atom stereocenters. The molecule has 0 aliphatic carbocycles. The first kappa shape index (κ1) is 12.6. The van der Waals surface area contributed by atoms with Gasteiger partial charge in [-0.05, 0) is 25.1 Å². The molecule has 3 N–H and O–H groups in total. The van der Waals surface area contributed by atoms with Crippen molar-refractivity contribution in [2.75, 3.05) is 18.4 Å². The van der Waals surface area contributed by atoms with Gasteiger partial charge in [-0.3, -0.25) is 0 Å². The highest BCUT2D eigenvalue weighted by Crippen LogP contribution is 2.21. The highest BCUT2D eigenvalue weighted by Gasteiger charge is 2.10. The Balaban J connectivity index is 1.99. The SMILES string of the molecule is NCCCNc1ncnc2c1cnn2-c1ccccc1. The zero-order valence-corrected chi connectivity index (χ0v) is 11.0. The van der Waals surface area contributed by atoms with Gasteiger partial charge < -0.3 is 11.1 Å². The van der Waals surface area contributed by atoms with Crippen LogP contribution in [-0.2, 0) is 0 Å². The van der Waals surface area contributed by atoms with Crippen LogP contribution in [0.25, 0.3) is 16.7 Å². The molecule has 3 aromatic rings. The fourth-order valence-corrected chi connectivity index (χ4v) is 2.05. The molecule has 0 spiro atoms. The molecule has 0 saturated carbocycles. The summed E-state index contributed by atoms with van der Waals surface area (Å²) in [6.45, 7) is 1.45. The Morgan fingerprint density at radius 2 is 2.00 bits per heavy atom. The second-order valence-corrected chi connectivity index (χ2v) is 4.42. The molecule has 1 aromatic carbocycles. The van der Waals surface area contributed by atoms with Gasteiger partial charge in [-0.15, -0.1) is 0 Å². The van der Waals surface area contributed by atoms with Crippen molar-refractivity contribution in [2.45, 2.75) is 6.42 Å². The van der Waals surface area contributed by atoms with E-state index in [0.29, 0.717) is 6.54 Å². The fourth-order valence-electron chi connectivity index (χ4n) is 2.05. The molecule has 2 heterocycles. The molecule has 6 nitrogen and oxygen atoms in total. The summed E-state index contributed by atoms with van der Waals surface area (Å²) in [6, 6.07) is 9.92. The molecule has 0 aliphatic heterocycles. The number of nitrogens with two attached hydrogens (primary N) is 1. The van der Waals surface area contributed by atoms with Crippen molar-refractivity contribution in [3.63, 3.8) is 0 Å². The molecule has 0 unspecified atom stereocenters. The molecule has 0 aliphatic rings. The van der Waals surface area contributed by atoms with Gasteiger partial charge in [0.1, 0.15) is 12.1 Å². The summed E-state index contributed by atoms with van der Waals surface area (Å²) in [7, 11) is 0. The molecule has 2 aromatic heterocycles. The first-order chi connectivity index (χ1) is 9.90. The number of nitrogens with zero attached hydrogens (tertiary/aromatic N) is 4. The Morgan fingerprint density at radius 1 is 1.15 bits per heavy atom. The number of nitrogens with one attached hydrogen (secondary N) is 1. The van der Waals surface area contributed by atoms with E-state index in [1.807, 2.05) is 35.0 Å². The predicted molar refractivity (Wildman–Crippen MR) is 78.8 cm³/mol. The van der Waals surface area contributed by atoms with Gasteiger partial charge in [-0.2, -0.15) is 5.10 Å². The normalized spacial score (nSPS) is 10.8. The number of aromatic nitrogens is 4. The Bertz CT molecular complexity index is 691. The van der Waals surface area contributed by atoms with Crippen LogP contribution in [0.2, 0.25) is 0 Å². The van der Waals surface area contributed by atoms with Gasteiger partial charge in [0.25, 0.3) is 0 Å². The maximum Gasteiger partial charge on any atom is 0.168 e. The summed E-state index contributed by atoms with van der Waals surface area (Å²) in [6.07, 6.45) is 4.24. The van der Waals surface area contributed by atoms with E-state index >= 15 is 0 Å². The smallest absolute Gasteiger partial charge is 0.168 e. The van der Waals surface area contributed by atoms with E-state index in [4.69, 9.17) is 5.73 Å². The van der Waals surface area contributed by atoms with E-state index in [1.165, 1.54) is 0 Å².